The lowest BCUT2D eigenvalue weighted by molar-refractivity contribution is -0.122. The van der Waals surface area contributed by atoms with Gasteiger partial charge < -0.3 is 16.0 Å². The number of nitrogens with one attached hydrogen (secondary N) is 1. The van der Waals surface area contributed by atoms with E-state index in [0.29, 0.717) is 25.9 Å². The normalized spacial score (nSPS) is 16.0. The second-order valence-corrected chi connectivity index (χ2v) is 6.84. The van der Waals surface area contributed by atoms with Gasteiger partial charge in [0.15, 0.2) is 0 Å². The minimum atomic E-state index is -0.507. The van der Waals surface area contributed by atoms with Crippen molar-refractivity contribution in [1.82, 2.24) is 10.2 Å². The number of hydrogen-bond acceptors (Lipinski definition) is 3. The molecular formula is C21H24FN3O2. The first kappa shape index (κ1) is 19.0. The van der Waals surface area contributed by atoms with Gasteiger partial charge in [0.1, 0.15) is 5.82 Å². The van der Waals surface area contributed by atoms with Crippen molar-refractivity contribution in [3.8, 4) is 0 Å². The van der Waals surface area contributed by atoms with Crippen LogP contribution in [-0.4, -0.2) is 35.8 Å². The maximum absolute atomic E-state index is 13.8. The summed E-state index contributed by atoms with van der Waals surface area (Å²) in [6, 6.07) is 15.2. The fourth-order valence-corrected chi connectivity index (χ4v) is 3.34. The second kappa shape index (κ2) is 8.77. The number of carbonyl (C=O) groups is 2. The molecule has 2 amide bonds. The molecule has 3 rings (SSSR count). The third-order valence-electron chi connectivity index (χ3n) is 4.88. The topological polar surface area (TPSA) is 75.4 Å². The van der Waals surface area contributed by atoms with Crippen molar-refractivity contribution in [2.45, 2.75) is 31.3 Å². The Bertz CT molecular complexity index is 789. The van der Waals surface area contributed by atoms with Crippen LogP contribution in [0.25, 0.3) is 0 Å². The molecule has 5 nitrogen and oxygen atoms in total. The Labute approximate surface area is 158 Å². The van der Waals surface area contributed by atoms with E-state index in [1.165, 1.54) is 12.1 Å². The van der Waals surface area contributed by atoms with Gasteiger partial charge in [-0.3, -0.25) is 9.59 Å². The predicted molar refractivity (Wildman–Crippen MR) is 101 cm³/mol. The molecule has 3 N–H and O–H groups in total. The summed E-state index contributed by atoms with van der Waals surface area (Å²) in [5, 5.41) is 3.00. The van der Waals surface area contributed by atoms with Crippen LogP contribution < -0.4 is 11.1 Å². The zero-order chi connectivity index (χ0) is 19.2. The summed E-state index contributed by atoms with van der Waals surface area (Å²) >= 11 is 0. The van der Waals surface area contributed by atoms with Crippen LogP contribution in [0.15, 0.2) is 54.6 Å². The molecule has 1 aliphatic rings. The molecule has 1 aliphatic heterocycles. The van der Waals surface area contributed by atoms with E-state index in [4.69, 9.17) is 5.73 Å². The van der Waals surface area contributed by atoms with Crippen LogP contribution in [0.2, 0.25) is 0 Å². The number of nitrogens with two attached hydrogens (primary N) is 1. The lowest BCUT2D eigenvalue weighted by Gasteiger charge is -2.32. The first-order valence-electron chi connectivity index (χ1n) is 9.18. The van der Waals surface area contributed by atoms with E-state index in [-0.39, 0.29) is 35.9 Å². The first-order valence-corrected chi connectivity index (χ1v) is 9.18. The molecule has 1 saturated heterocycles. The zero-order valence-corrected chi connectivity index (χ0v) is 15.1. The van der Waals surface area contributed by atoms with E-state index in [0.717, 1.165) is 5.56 Å². The number of halogens is 1. The average Bonchev–Trinajstić information content (AvgIpc) is 2.69. The molecular weight excluding hydrogens is 345 g/mol. The Kier molecular flexibility index (Phi) is 6.19. The number of benzene rings is 2. The fraction of sp³-hybridized carbons (Fsp3) is 0.333. The molecule has 1 fully saturated rings. The van der Waals surface area contributed by atoms with Gasteiger partial charge in [-0.2, -0.15) is 0 Å². The maximum Gasteiger partial charge on any atom is 0.256 e. The second-order valence-electron chi connectivity index (χ2n) is 6.84. The maximum atomic E-state index is 13.8. The minimum Gasteiger partial charge on any atom is -0.353 e. The summed E-state index contributed by atoms with van der Waals surface area (Å²) in [5.41, 5.74) is 7.11. The van der Waals surface area contributed by atoms with Gasteiger partial charge in [-0.1, -0.05) is 42.5 Å². The van der Waals surface area contributed by atoms with Crippen LogP contribution in [0.4, 0.5) is 4.39 Å². The highest BCUT2D eigenvalue weighted by molar-refractivity contribution is 5.94. The molecule has 1 atom stereocenters. The number of hydrogen-bond donors (Lipinski definition) is 2. The molecule has 0 bridgehead atoms. The van der Waals surface area contributed by atoms with Gasteiger partial charge in [-0.15, -0.1) is 0 Å². The zero-order valence-electron chi connectivity index (χ0n) is 15.1. The van der Waals surface area contributed by atoms with Gasteiger partial charge in [0.05, 0.1) is 5.56 Å². The Morgan fingerprint density at radius 1 is 1.07 bits per heavy atom. The molecule has 0 radical (unpaired) electrons. The third-order valence-corrected chi connectivity index (χ3v) is 4.88. The predicted octanol–water partition coefficient (Wildman–Crippen LogP) is 2.64. The minimum absolute atomic E-state index is 0.00476. The van der Waals surface area contributed by atoms with E-state index < -0.39 is 5.82 Å². The van der Waals surface area contributed by atoms with Crippen LogP contribution in [0.3, 0.4) is 0 Å². The Morgan fingerprint density at radius 2 is 1.70 bits per heavy atom. The van der Waals surface area contributed by atoms with Gasteiger partial charge in [0, 0.05) is 31.6 Å². The molecule has 1 heterocycles. The smallest absolute Gasteiger partial charge is 0.256 e. The summed E-state index contributed by atoms with van der Waals surface area (Å²) in [6.45, 7) is 0.978. The first-order chi connectivity index (χ1) is 13.0. The fourth-order valence-electron chi connectivity index (χ4n) is 3.34. The van der Waals surface area contributed by atoms with E-state index in [1.807, 2.05) is 30.3 Å². The van der Waals surface area contributed by atoms with Crippen LogP contribution in [0.5, 0.6) is 0 Å². The third kappa shape index (κ3) is 4.92. The van der Waals surface area contributed by atoms with Crippen LogP contribution in [-0.2, 0) is 4.79 Å². The van der Waals surface area contributed by atoms with Crippen LogP contribution in [0, 0.1) is 5.82 Å². The number of nitrogens with zero attached hydrogens (tertiary/aromatic N) is 1. The standard InChI is InChI=1S/C21H24FN3O2/c22-18-9-5-4-8-17(18)21(27)25-12-10-16(11-13-25)24-20(26)14-19(23)15-6-2-1-3-7-15/h1-9,16,19H,10-14,23H2,(H,24,26). The van der Waals surface area contributed by atoms with E-state index in [2.05, 4.69) is 5.32 Å². The summed E-state index contributed by atoms with van der Waals surface area (Å²) in [4.78, 5) is 26.3. The van der Waals surface area contributed by atoms with E-state index in [1.54, 1.807) is 17.0 Å². The highest BCUT2D eigenvalue weighted by atomic mass is 19.1. The number of carbonyl (C=O) groups excluding carboxylic acids is 2. The molecule has 142 valence electrons. The van der Waals surface area contributed by atoms with Crippen molar-refractivity contribution in [3.63, 3.8) is 0 Å². The lowest BCUT2D eigenvalue weighted by atomic mass is 10.0. The largest absolute Gasteiger partial charge is 0.353 e. The quantitative estimate of drug-likeness (QED) is 0.851. The summed E-state index contributed by atoms with van der Waals surface area (Å²) < 4.78 is 13.8. The molecule has 1 unspecified atom stereocenters. The number of likely N-dealkylation sites (tertiary alicyclic amines) is 1. The highest BCUT2D eigenvalue weighted by Crippen LogP contribution is 2.17. The Morgan fingerprint density at radius 3 is 2.37 bits per heavy atom. The van der Waals surface area contributed by atoms with Gasteiger partial charge in [0.2, 0.25) is 5.91 Å². The number of rotatable bonds is 5. The van der Waals surface area contributed by atoms with Crippen molar-refractivity contribution in [2.24, 2.45) is 5.73 Å². The molecule has 0 saturated carbocycles. The van der Waals surface area contributed by atoms with Crippen molar-refractivity contribution < 1.29 is 14.0 Å². The van der Waals surface area contributed by atoms with Gasteiger partial charge in [0.25, 0.3) is 5.91 Å². The van der Waals surface area contributed by atoms with Crippen molar-refractivity contribution in [2.75, 3.05) is 13.1 Å². The van der Waals surface area contributed by atoms with Crippen LogP contribution >= 0.6 is 0 Å². The Hall–Kier alpha value is -2.73. The monoisotopic (exact) mass is 369 g/mol. The van der Waals surface area contributed by atoms with E-state index >= 15 is 0 Å². The van der Waals surface area contributed by atoms with Gasteiger partial charge in [-0.25, -0.2) is 4.39 Å². The summed E-state index contributed by atoms with van der Waals surface area (Å²) in [7, 11) is 0. The van der Waals surface area contributed by atoms with Crippen molar-refractivity contribution in [1.29, 1.82) is 0 Å². The molecule has 0 spiro atoms. The van der Waals surface area contributed by atoms with Crippen LogP contribution in [0.1, 0.15) is 41.2 Å². The van der Waals surface area contributed by atoms with Gasteiger partial charge in [-0.05, 0) is 30.5 Å². The molecule has 2 aromatic carbocycles. The molecule has 2 aromatic rings. The molecule has 27 heavy (non-hydrogen) atoms. The SMILES string of the molecule is NC(CC(=O)NC1CCN(C(=O)c2ccccc2F)CC1)c1ccccc1. The molecule has 6 heteroatoms. The average molecular weight is 369 g/mol. The summed E-state index contributed by atoms with van der Waals surface area (Å²) in [6.07, 6.45) is 1.51. The molecule has 0 aliphatic carbocycles. The number of piperidine rings is 1. The lowest BCUT2D eigenvalue weighted by Crippen LogP contribution is -2.47. The Balaban J connectivity index is 1.47. The van der Waals surface area contributed by atoms with Crippen molar-refractivity contribution in [3.05, 3.63) is 71.5 Å². The molecule has 0 aromatic heterocycles. The van der Waals surface area contributed by atoms with Gasteiger partial charge >= 0.3 is 0 Å². The number of amides is 2. The van der Waals surface area contributed by atoms with E-state index in [9.17, 15) is 14.0 Å². The van der Waals surface area contributed by atoms with Crippen molar-refractivity contribution >= 4 is 11.8 Å². The summed E-state index contributed by atoms with van der Waals surface area (Å²) in [5.74, 6) is -0.901. The highest BCUT2D eigenvalue weighted by Gasteiger charge is 2.26.